The summed E-state index contributed by atoms with van der Waals surface area (Å²) in [5.41, 5.74) is 6.76. The van der Waals surface area contributed by atoms with Gasteiger partial charge in [0.1, 0.15) is 5.82 Å². The van der Waals surface area contributed by atoms with Gasteiger partial charge in [-0.2, -0.15) is 0 Å². The van der Waals surface area contributed by atoms with Gasteiger partial charge in [0.2, 0.25) is 0 Å². The number of nitrogens with zero attached hydrogens (tertiary/aromatic N) is 3. The van der Waals surface area contributed by atoms with Crippen LogP contribution in [0.5, 0.6) is 0 Å². The number of aryl methyl sites for hydroxylation is 3. The number of rotatable bonds is 4. The van der Waals surface area contributed by atoms with E-state index >= 15 is 0 Å². The van der Waals surface area contributed by atoms with Crippen LogP contribution in [0.2, 0.25) is 0 Å². The van der Waals surface area contributed by atoms with Gasteiger partial charge < -0.3 is 19.8 Å². The zero-order chi connectivity index (χ0) is 21.0. The first-order valence-corrected chi connectivity index (χ1v) is 10.7. The largest absolute Gasteiger partial charge is 0.338 e. The van der Waals surface area contributed by atoms with E-state index in [9.17, 15) is 9.59 Å². The normalized spacial score (nSPS) is 16.8. The molecule has 0 atom stereocenters. The Labute approximate surface area is 175 Å². The number of hydrogen-bond acceptors (Lipinski definition) is 4. The van der Waals surface area contributed by atoms with Crippen LogP contribution in [-0.4, -0.2) is 56.8 Å². The Kier molecular flexibility index (Phi) is 4.50. The van der Waals surface area contributed by atoms with Crippen LogP contribution in [0.25, 0.3) is 22.4 Å². The van der Waals surface area contributed by atoms with Crippen LogP contribution in [0.15, 0.2) is 17.1 Å². The van der Waals surface area contributed by atoms with Gasteiger partial charge in [0.05, 0.1) is 22.2 Å². The lowest BCUT2D eigenvalue weighted by Gasteiger charge is -2.20. The molecular formula is C23H27N5O2. The second-order valence-corrected chi connectivity index (χ2v) is 8.55. The first kappa shape index (κ1) is 19.1. The van der Waals surface area contributed by atoms with Crippen molar-refractivity contribution < 1.29 is 4.79 Å². The van der Waals surface area contributed by atoms with Crippen molar-refractivity contribution in [2.75, 3.05) is 26.2 Å². The number of H-pyrrole nitrogens is 2. The van der Waals surface area contributed by atoms with E-state index in [1.165, 1.54) is 12.8 Å². The standard InChI is InChI=1S/C23H27N5O2/c1-13-6-7-24-22(29)17(13)21-25-19-14(2)16-12-28(11-10-27-8-4-5-9-27)23(30)18(16)15(3)20(19)26-21/h6-7H,4-5,8-12H2,1-3H3,(H,24,29)(H,25,26). The lowest BCUT2D eigenvalue weighted by Crippen LogP contribution is -2.34. The summed E-state index contributed by atoms with van der Waals surface area (Å²) in [6.07, 6.45) is 4.16. The number of fused-ring (bicyclic) bond motifs is 2. The van der Waals surface area contributed by atoms with Crippen molar-refractivity contribution in [3.63, 3.8) is 0 Å². The van der Waals surface area contributed by atoms with Gasteiger partial charge in [-0.25, -0.2) is 4.98 Å². The molecule has 2 aliphatic heterocycles. The molecule has 0 spiro atoms. The maximum Gasteiger partial charge on any atom is 0.259 e. The summed E-state index contributed by atoms with van der Waals surface area (Å²) in [6, 6.07) is 1.87. The van der Waals surface area contributed by atoms with Crippen LogP contribution in [0.4, 0.5) is 0 Å². The van der Waals surface area contributed by atoms with E-state index < -0.39 is 0 Å². The second-order valence-electron chi connectivity index (χ2n) is 8.55. The van der Waals surface area contributed by atoms with E-state index in [1.807, 2.05) is 31.7 Å². The molecule has 2 N–H and O–H groups in total. The van der Waals surface area contributed by atoms with Crippen molar-refractivity contribution in [1.29, 1.82) is 0 Å². The predicted molar refractivity (Wildman–Crippen MR) is 117 cm³/mol. The monoisotopic (exact) mass is 405 g/mol. The van der Waals surface area contributed by atoms with Crippen molar-refractivity contribution in [3.8, 4) is 11.4 Å². The number of carbonyl (C=O) groups is 1. The summed E-state index contributed by atoms with van der Waals surface area (Å²) < 4.78 is 0. The number of aromatic nitrogens is 3. The van der Waals surface area contributed by atoms with E-state index in [-0.39, 0.29) is 11.5 Å². The smallest absolute Gasteiger partial charge is 0.259 e. The number of amides is 1. The molecule has 0 radical (unpaired) electrons. The third-order valence-corrected chi connectivity index (χ3v) is 6.70. The lowest BCUT2D eigenvalue weighted by atomic mass is 9.97. The predicted octanol–water partition coefficient (Wildman–Crippen LogP) is 2.90. The third kappa shape index (κ3) is 2.88. The third-order valence-electron chi connectivity index (χ3n) is 6.70. The molecule has 2 aliphatic rings. The van der Waals surface area contributed by atoms with E-state index in [1.54, 1.807) is 6.20 Å². The number of aromatic amines is 2. The summed E-state index contributed by atoms with van der Waals surface area (Å²) in [7, 11) is 0. The molecule has 2 aromatic heterocycles. The number of nitrogens with one attached hydrogen (secondary N) is 2. The molecule has 0 aliphatic carbocycles. The average Bonchev–Trinajstić information content (AvgIpc) is 3.44. The van der Waals surface area contributed by atoms with E-state index in [0.717, 1.165) is 65.0 Å². The number of pyridine rings is 1. The van der Waals surface area contributed by atoms with Gasteiger partial charge in [0.15, 0.2) is 0 Å². The van der Waals surface area contributed by atoms with Crippen molar-refractivity contribution in [3.05, 3.63) is 50.4 Å². The molecular weight excluding hydrogens is 378 g/mol. The highest BCUT2D eigenvalue weighted by molar-refractivity contribution is 6.05. The average molecular weight is 406 g/mol. The summed E-state index contributed by atoms with van der Waals surface area (Å²) >= 11 is 0. The fourth-order valence-electron chi connectivity index (χ4n) is 4.95. The highest BCUT2D eigenvalue weighted by atomic mass is 16.2. The van der Waals surface area contributed by atoms with Crippen LogP contribution >= 0.6 is 0 Å². The Morgan fingerprint density at radius 2 is 1.80 bits per heavy atom. The first-order chi connectivity index (χ1) is 14.5. The van der Waals surface area contributed by atoms with Crippen LogP contribution in [0.1, 0.15) is 45.5 Å². The van der Waals surface area contributed by atoms with Crippen LogP contribution in [-0.2, 0) is 6.54 Å². The molecule has 0 bridgehead atoms. The number of hydrogen-bond donors (Lipinski definition) is 2. The van der Waals surface area contributed by atoms with Crippen molar-refractivity contribution in [2.24, 2.45) is 0 Å². The molecule has 0 saturated carbocycles. The molecule has 0 unspecified atom stereocenters. The number of benzene rings is 1. The molecule has 30 heavy (non-hydrogen) atoms. The number of carbonyl (C=O) groups excluding carboxylic acids is 1. The highest BCUT2D eigenvalue weighted by Gasteiger charge is 2.33. The van der Waals surface area contributed by atoms with E-state index in [2.05, 4.69) is 14.9 Å². The molecule has 156 valence electrons. The van der Waals surface area contributed by atoms with Gasteiger partial charge in [-0.1, -0.05) is 0 Å². The minimum atomic E-state index is -0.166. The molecule has 1 amide bonds. The minimum absolute atomic E-state index is 0.102. The first-order valence-electron chi connectivity index (χ1n) is 10.7. The van der Waals surface area contributed by atoms with E-state index in [0.29, 0.717) is 17.9 Å². The molecule has 1 fully saturated rings. The molecule has 7 nitrogen and oxygen atoms in total. The lowest BCUT2D eigenvalue weighted by molar-refractivity contribution is 0.0763. The summed E-state index contributed by atoms with van der Waals surface area (Å²) in [4.78, 5) is 40.9. The fourth-order valence-corrected chi connectivity index (χ4v) is 4.95. The van der Waals surface area contributed by atoms with Gasteiger partial charge >= 0.3 is 0 Å². The molecule has 4 heterocycles. The summed E-state index contributed by atoms with van der Waals surface area (Å²) in [5.74, 6) is 0.655. The topological polar surface area (TPSA) is 85.1 Å². The Morgan fingerprint density at radius 1 is 1.03 bits per heavy atom. The van der Waals surface area contributed by atoms with Crippen molar-refractivity contribution >= 4 is 16.9 Å². The second kappa shape index (κ2) is 7.09. The van der Waals surface area contributed by atoms with Crippen LogP contribution < -0.4 is 5.56 Å². The highest BCUT2D eigenvalue weighted by Crippen LogP contribution is 2.35. The van der Waals surface area contributed by atoms with Crippen LogP contribution in [0.3, 0.4) is 0 Å². The maximum atomic E-state index is 13.2. The molecule has 3 aromatic rings. The Morgan fingerprint density at radius 3 is 2.53 bits per heavy atom. The molecule has 7 heteroatoms. The van der Waals surface area contributed by atoms with Gasteiger partial charge in [-0.15, -0.1) is 0 Å². The van der Waals surface area contributed by atoms with E-state index in [4.69, 9.17) is 4.98 Å². The maximum absolute atomic E-state index is 13.2. The van der Waals surface area contributed by atoms with Gasteiger partial charge in [0.25, 0.3) is 11.5 Å². The Bertz CT molecular complexity index is 1220. The number of imidazole rings is 1. The number of likely N-dealkylation sites (tertiary alicyclic amines) is 1. The minimum Gasteiger partial charge on any atom is -0.338 e. The van der Waals surface area contributed by atoms with Gasteiger partial charge in [0, 0.05) is 25.8 Å². The van der Waals surface area contributed by atoms with Crippen molar-refractivity contribution in [1.82, 2.24) is 24.8 Å². The fraction of sp³-hybridized carbons (Fsp3) is 0.435. The van der Waals surface area contributed by atoms with Crippen molar-refractivity contribution in [2.45, 2.75) is 40.2 Å². The Balaban J connectivity index is 1.54. The van der Waals surface area contributed by atoms with Crippen LogP contribution in [0, 0.1) is 20.8 Å². The molecule has 1 aromatic carbocycles. The zero-order valence-electron chi connectivity index (χ0n) is 17.8. The summed E-state index contributed by atoms with van der Waals surface area (Å²) in [5, 5.41) is 0. The molecule has 1 saturated heterocycles. The van der Waals surface area contributed by atoms with Gasteiger partial charge in [-0.3, -0.25) is 9.59 Å². The van der Waals surface area contributed by atoms with Gasteiger partial charge in [-0.05, 0) is 75.0 Å². The quantitative estimate of drug-likeness (QED) is 0.699. The molecule has 5 rings (SSSR count). The Hall–Kier alpha value is -2.93. The zero-order valence-corrected chi connectivity index (χ0v) is 17.8. The SMILES string of the molecule is Cc1cc[nH]c(=O)c1-c1nc2c(C)c3c(c(C)c2[nH]1)CN(CCN1CCCC1)C3=O. The summed E-state index contributed by atoms with van der Waals surface area (Å²) in [6.45, 7) is 10.5.